The largest absolute Gasteiger partial charge is 0.330 e. The van der Waals surface area contributed by atoms with Crippen LogP contribution in [-0.2, 0) is 0 Å². The van der Waals surface area contributed by atoms with Crippen molar-refractivity contribution in [3.05, 3.63) is 23.7 Å². The highest BCUT2D eigenvalue weighted by atomic mass is 15.4. The first-order valence-corrected chi connectivity index (χ1v) is 5.65. The van der Waals surface area contributed by atoms with E-state index in [1.54, 1.807) is 0 Å². The minimum Gasteiger partial charge on any atom is -0.330 e. The molecule has 2 aromatic heterocycles. The third-order valence-electron chi connectivity index (χ3n) is 2.71. The molecular weight excluding hydrogens is 202 g/mol. The lowest BCUT2D eigenvalue weighted by molar-refractivity contribution is 0.571. The van der Waals surface area contributed by atoms with Crippen LogP contribution in [0.3, 0.4) is 0 Å². The molecule has 2 aromatic rings. The van der Waals surface area contributed by atoms with E-state index >= 15 is 0 Å². The van der Waals surface area contributed by atoms with Crippen molar-refractivity contribution in [3.8, 4) is 0 Å². The van der Waals surface area contributed by atoms with Crippen LogP contribution in [0.5, 0.6) is 0 Å². The lowest BCUT2D eigenvalue weighted by atomic mass is 10.0. The summed E-state index contributed by atoms with van der Waals surface area (Å²) < 4.78 is 1.81. The summed E-state index contributed by atoms with van der Waals surface area (Å²) in [5.74, 6) is 1.12. The summed E-state index contributed by atoms with van der Waals surface area (Å²) in [4.78, 5) is 0. The summed E-state index contributed by atoms with van der Waals surface area (Å²) in [6.45, 7) is 4.69. The topological polar surface area (TPSA) is 69.1 Å². The molecule has 0 aliphatic carbocycles. The molecule has 0 saturated heterocycles. The maximum absolute atomic E-state index is 5.77. The van der Waals surface area contributed by atoms with Crippen LogP contribution < -0.4 is 5.73 Å². The predicted molar refractivity (Wildman–Crippen MR) is 62.2 cm³/mol. The quantitative estimate of drug-likeness (QED) is 0.840. The second-order valence-electron chi connectivity index (χ2n) is 4.02. The second kappa shape index (κ2) is 4.57. The number of fused-ring (bicyclic) bond motifs is 1. The molecule has 5 heteroatoms. The molecule has 0 aliphatic rings. The van der Waals surface area contributed by atoms with Crippen molar-refractivity contribution in [2.24, 2.45) is 5.73 Å². The maximum Gasteiger partial charge on any atom is 0.177 e. The standard InChI is InChI=1S/C11H17N5/c1-3-4-9(7-12)11-14-13-10-6-5-8(2)15-16(10)11/h5-6,9H,3-4,7,12H2,1-2H3. The van der Waals surface area contributed by atoms with Gasteiger partial charge in [-0.15, -0.1) is 10.2 Å². The fraction of sp³-hybridized carbons (Fsp3) is 0.545. The van der Waals surface area contributed by atoms with Crippen molar-refractivity contribution < 1.29 is 0 Å². The van der Waals surface area contributed by atoms with E-state index in [1.165, 1.54) is 0 Å². The van der Waals surface area contributed by atoms with Crippen LogP contribution >= 0.6 is 0 Å². The molecule has 0 amide bonds. The zero-order chi connectivity index (χ0) is 11.5. The number of hydrogen-bond acceptors (Lipinski definition) is 4. The minimum atomic E-state index is 0.245. The van der Waals surface area contributed by atoms with Crippen LogP contribution in [0.25, 0.3) is 5.65 Å². The van der Waals surface area contributed by atoms with Gasteiger partial charge in [0.05, 0.1) is 5.69 Å². The third kappa shape index (κ3) is 1.90. The van der Waals surface area contributed by atoms with E-state index in [1.807, 2.05) is 23.6 Å². The molecule has 0 aliphatic heterocycles. The van der Waals surface area contributed by atoms with Crippen molar-refractivity contribution in [1.29, 1.82) is 0 Å². The van der Waals surface area contributed by atoms with Crippen molar-refractivity contribution in [2.75, 3.05) is 6.54 Å². The van der Waals surface area contributed by atoms with Gasteiger partial charge in [-0.25, -0.2) is 0 Å². The number of rotatable bonds is 4. The Labute approximate surface area is 94.7 Å². The van der Waals surface area contributed by atoms with E-state index in [2.05, 4.69) is 22.2 Å². The van der Waals surface area contributed by atoms with Gasteiger partial charge in [0.25, 0.3) is 0 Å². The van der Waals surface area contributed by atoms with Crippen LogP contribution in [0.4, 0.5) is 0 Å². The molecule has 0 aromatic carbocycles. The van der Waals surface area contributed by atoms with Gasteiger partial charge >= 0.3 is 0 Å². The Hall–Kier alpha value is -1.49. The second-order valence-corrected chi connectivity index (χ2v) is 4.02. The Morgan fingerprint density at radius 2 is 2.19 bits per heavy atom. The SMILES string of the molecule is CCCC(CN)c1nnc2ccc(C)nn12. The summed E-state index contributed by atoms with van der Waals surface area (Å²) in [6.07, 6.45) is 2.11. The monoisotopic (exact) mass is 219 g/mol. The van der Waals surface area contributed by atoms with E-state index in [0.717, 1.165) is 30.0 Å². The molecule has 0 bridgehead atoms. The normalized spacial score (nSPS) is 13.2. The highest BCUT2D eigenvalue weighted by Crippen LogP contribution is 2.18. The van der Waals surface area contributed by atoms with Crippen LogP contribution in [0.15, 0.2) is 12.1 Å². The Balaban J connectivity index is 2.46. The van der Waals surface area contributed by atoms with Gasteiger partial charge < -0.3 is 5.73 Å². The van der Waals surface area contributed by atoms with Crippen LogP contribution in [0.2, 0.25) is 0 Å². The van der Waals surface area contributed by atoms with Gasteiger partial charge in [0.15, 0.2) is 11.5 Å². The van der Waals surface area contributed by atoms with Gasteiger partial charge in [-0.3, -0.25) is 0 Å². The average Bonchev–Trinajstić information content (AvgIpc) is 2.69. The third-order valence-corrected chi connectivity index (χ3v) is 2.71. The van der Waals surface area contributed by atoms with Gasteiger partial charge in [-0.05, 0) is 25.5 Å². The van der Waals surface area contributed by atoms with Crippen molar-refractivity contribution in [3.63, 3.8) is 0 Å². The first-order valence-electron chi connectivity index (χ1n) is 5.65. The van der Waals surface area contributed by atoms with Gasteiger partial charge in [-0.2, -0.15) is 9.61 Å². The smallest absolute Gasteiger partial charge is 0.177 e. The van der Waals surface area contributed by atoms with Gasteiger partial charge in [0.1, 0.15) is 0 Å². The fourth-order valence-electron chi connectivity index (χ4n) is 1.85. The molecule has 1 unspecified atom stereocenters. The first-order chi connectivity index (χ1) is 7.76. The summed E-state index contributed by atoms with van der Waals surface area (Å²) in [6, 6.07) is 3.86. The molecule has 0 fully saturated rings. The van der Waals surface area contributed by atoms with Gasteiger partial charge in [0.2, 0.25) is 0 Å². The Morgan fingerprint density at radius 1 is 1.38 bits per heavy atom. The van der Waals surface area contributed by atoms with Gasteiger partial charge in [0, 0.05) is 12.5 Å². The van der Waals surface area contributed by atoms with Gasteiger partial charge in [-0.1, -0.05) is 13.3 Å². The molecule has 0 spiro atoms. The number of nitrogens with two attached hydrogens (primary N) is 1. The highest BCUT2D eigenvalue weighted by molar-refractivity contribution is 5.36. The highest BCUT2D eigenvalue weighted by Gasteiger charge is 2.16. The molecule has 0 radical (unpaired) electrons. The Morgan fingerprint density at radius 3 is 2.88 bits per heavy atom. The van der Waals surface area contributed by atoms with Crippen molar-refractivity contribution >= 4 is 5.65 Å². The first kappa shape index (κ1) is 11.0. The Kier molecular flexibility index (Phi) is 3.14. The summed E-state index contributed by atoms with van der Waals surface area (Å²) >= 11 is 0. The lowest BCUT2D eigenvalue weighted by Gasteiger charge is -2.10. The van der Waals surface area contributed by atoms with E-state index in [4.69, 9.17) is 5.73 Å². The minimum absolute atomic E-state index is 0.245. The van der Waals surface area contributed by atoms with E-state index < -0.39 is 0 Å². The molecule has 5 nitrogen and oxygen atoms in total. The number of nitrogens with zero attached hydrogens (tertiary/aromatic N) is 4. The van der Waals surface area contributed by atoms with Crippen LogP contribution in [0, 0.1) is 6.92 Å². The molecule has 1 atom stereocenters. The average molecular weight is 219 g/mol. The van der Waals surface area contributed by atoms with E-state index in [0.29, 0.717) is 6.54 Å². The number of hydrogen-bond donors (Lipinski definition) is 1. The maximum atomic E-state index is 5.77. The fourth-order valence-corrected chi connectivity index (χ4v) is 1.85. The van der Waals surface area contributed by atoms with Crippen molar-refractivity contribution in [1.82, 2.24) is 19.8 Å². The molecule has 0 saturated carbocycles. The number of aryl methyl sites for hydroxylation is 1. The number of aromatic nitrogens is 4. The molecule has 86 valence electrons. The molecular formula is C11H17N5. The van der Waals surface area contributed by atoms with E-state index in [-0.39, 0.29) is 5.92 Å². The zero-order valence-electron chi connectivity index (χ0n) is 9.72. The summed E-state index contributed by atoms with van der Waals surface area (Å²) in [5.41, 5.74) is 7.52. The zero-order valence-corrected chi connectivity index (χ0v) is 9.72. The predicted octanol–water partition coefficient (Wildman–Crippen LogP) is 1.28. The molecule has 16 heavy (non-hydrogen) atoms. The molecule has 2 heterocycles. The van der Waals surface area contributed by atoms with Crippen LogP contribution in [0.1, 0.15) is 37.2 Å². The summed E-state index contributed by atoms with van der Waals surface area (Å²) in [5, 5.41) is 12.7. The molecule has 2 N–H and O–H groups in total. The van der Waals surface area contributed by atoms with Crippen molar-refractivity contribution in [2.45, 2.75) is 32.6 Å². The summed E-state index contributed by atoms with van der Waals surface area (Å²) in [7, 11) is 0. The molecule has 2 rings (SSSR count). The van der Waals surface area contributed by atoms with Crippen LogP contribution in [-0.4, -0.2) is 26.4 Å². The lowest BCUT2D eigenvalue weighted by Crippen LogP contribution is -2.16. The van der Waals surface area contributed by atoms with E-state index in [9.17, 15) is 0 Å². The Bertz CT molecular complexity index is 476.